The summed E-state index contributed by atoms with van der Waals surface area (Å²) in [6, 6.07) is -0.160. The van der Waals surface area contributed by atoms with Crippen molar-refractivity contribution in [1.29, 1.82) is 0 Å². The van der Waals surface area contributed by atoms with Crippen molar-refractivity contribution < 1.29 is 4.79 Å². The molecule has 0 spiro atoms. The number of terminal acetylenes is 1. The van der Waals surface area contributed by atoms with Crippen LogP contribution in [0.2, 0.25) is 0 Å². The Hall–Kier alpha value is -1.23. The van der Waals surface area contributed by atoms with Crippen LogP contribution in [0.25, 0.3) is 0 Å². The highest BCUT2D eigenvalue weighted by atomic mass is 16.1. The average molecular weight is 191 g/mol. The zero-order valence-corrected chi connectivity index (χ0v) is 8.68. The first-order valence-corrected chi connectivity index (χ1v) is 5.16. The first kappa shape index (κ1) is 10.8. The van der Waals surface area contributed by atoms with Crippen LogP contribution in [-0.4, -0.2) is 11.9 Å². The molecule has 14 heavy (non-hydrogen) atoms. The van der Waals surface area contributed by atoms with E-state index in [0.717, 1.165) is 12.8 Å². The lowest BCUT2D eigenvalue weighted by molar-refractivity contribution is -0.120. The number of carbonyl (C=O) groups excluding carboxylic acids is 1. The molecule has 0 radical (unpaired) electrons. The zero-order chi connectivity index (χ0) is 10.4. The van der Waals surface area contributed by atoms with Gasteiger partial charge in [-0.05, 0) is 32.6 Å². The molecule has 1 unspecified atom stereocenters. The van der Waals surface area contributed by atoms with Gasteiger partial charge in [0.25, 0.3) is 0 Å². The van der Waals surface area contributed by atoms with E-state index < -0.39 is 0 Å². The van der Waals surface area contributed by atoms with E-state index >= 15 is 0 Å². The molecule has 0 saturated heterocycles. The van der Waals surface area contributed by atoms with Crippen molar-refractivity contribution in [1.82, 2.24) is 5.32 Å². The Morgan fingerprint density at radius 3 is 3.07 bits per heavy atom. The molecule has 0 fully saturated rings. The molecule has 0 aromatic heterocycles. The van der Waals surface area contributed by atoms with Crippen LogP contribution in [0.4, 0.5) is 0 Å². The van der Waals surface area contributed by atoms with Gasteiger partial charge in [0.1, 0.15) is 0 Å². The summed E-state index contributed by atoms with van der Waals surface area (Å²) in [6.45, 7) is 1.81. The molecule has 2 heteroatoms. The molecule has 2 nitrogen and oxygen atoms in total. The number of allylic oxidation sites excluding steroid dienone is 1. The third kappa shape index (κ3) is 3.66. The quantitative estimate of drug-likeness (QED) is 0.536. The molecule has 1 atom stereocenters. The van der Waals surface area contributed by atoms with Gasteiger partial charge in [-0.15, -0.1) is 6.42 Å². The van der Waals surface area contributed by atoms with E-state index in [1.54, 1.807) is 0 Å². The molecule has 1 rings (SSSR count). The monoisotopic (exact) mass is 191 g/mol. The summed E-state index contributed by atoms with van der Waals surface area (Å²) in [4.78, 5) is 11.4. The molecule has 1 N–H and O–H groups in total. The summed E-state index contributed by atoms with van der Waals surface area (Å²) in [5.41, 5.74) is 1.26. The van der Waals surface area contributed by atoms with Gasteiger partial charge in [-0.2, -0.15) is 0 Å². The molecule has 76 valence electrons. The van der Waals surface area contributed by atoms with Crippen molar-refractivity contribution >= 4 is 5.91 Å². The summed E-state index contributed by atoms with van der Waals surface area (Å²) < 4.78 is 0. The van der Waals surface area contributed by atoms with Crippen molar-refractivity contribution in [2.24, 2.45) is 0 Å². The lowest BCUT2D eigenvalue weighted by Crippen LogP contribution is -2.31. The standard InChI is InChI=1S/C12H17NO/c1-3-10(2)13-12(14)9-11-7-5-4-6-8-11/h1,7,10H,4-6,8-9H2,2H3,(H,13,14). The molecular formula is C12H17NO. The first-order valence-electron chi connectivity index (χ1n) is 5.16. The highest BCUT2D eigenvalue weighted by molar-refractivity contribution is 5.79. The third-order valence-electron chi connectivity index (χ3n) is 2.40. The number of rotatable bonds is 3. The minimum absolute atomic E-state index is 0.0450. The van der Waals surface area contributed by atoms with Gasteiger partial charge in [-0.1, -0.05) is 17.6 Å². The Bertz CT molecular complexity index is 273. The maximum absolute atomic E-state index is 11.4. The van der Waals surface area contributed by atoms with Crippen molar-refractivity contribution in [2.45, 2.75) is 45.1 Å². The van der Waals surface area contributed by atoms with Gasteiger partial charge in [0.2, 0.25) is 5.91 Å². The van der Waals surface area contributed by atoms with Crippen LogP contribution in [0.5, 0.6) is 0 Å². The Morgan fingerprint density at radius 1 is 1.71 bits per heavy atom. The number of amides is 1. The van der Waals surface area contributed by atoms with E-state index in [1.165, 1.54) is 18.4 Å². The van der Waals surface area contributed by atoms with Crippen molar-refractivity contribution in [2.75, 3.05) is 0 Å². The van der Waals surface area contributed by atoms with Crippen LogP contribution in [0.3, 0.4) is 0 Å². The number of carbonyl (C=O) groups is 1. The van der Waals surface area contributed by atoms with Crippen LogP contribution in [0.1, 0.15) is 39.0 Å². The molecule has 1 amide bonds. The second kappa shape index (κ2) is 5.49. The minimum Gasteiger partial charge on any atom is -0.342 e. The van der Waals surface area contributed by atoms with E-state index in [1.807, 2.05) is 6.92 Å². The van der Waals surface area contributed by atoms with Crippen LogP contribution < -0.4 is 5.32 Å². The third-order valence-corrected chi connectivity index (χ3v) is 2.40. The van der Waals surface area contributed by atoms with E-state index in [-0.39, 0.29) is 11.9 Å². The lowest BCUT2D eigenvalue weighted by Gasteiger charge is -2.13. The molecule has 0 aromatic carbocycles. The van der Waals surface area contributed by atoms with Crippen LogP contribution >= 0.6 is 0 Å². The van der Waals surface area contributed by atoms with Gasteiger partial charge < -0.3 is 5.32 Å². The minimum atomic E-state index is -0.160. The fourth-order valence-corrected chi connectivity index (χ4v) is 1.61. The first-order chi connectivity index (χ1) is 6.72. The Labute approximate surface area is 85.8 Å². The normalized spacial score (nSPS) is 17.9. The maximum atomic E-state index is 11.4. The number of hydrogen-bond acceptors (Lipinski definition) is 1. The SMILES string of the molecule is C#CC(C)NC(=O)CC1=CCCCC1. The fraction of sp³-hybridized carbons (Fsp3) is 0.583. The lowest BCUT2D eigenvalue weighted by atomic mass is 9.97. The van der Waals surface area contributed by atoms with Gasteiger partial charge in [-0.3, -0.25) is 4.79 Å². The van der Waals surface area contributed by atoms with E-state index in [2.05, 4.69) is 17.3 Å². The van der Waals surface area contributed by atoms with Gasteiger partial charge >= 0.3 is 0 Å². The molecule has 0 bridgehead atoms. The highest BCUT2D eigenvalue weighted by Crippen LogP contribution is 2.19. The summed E-state index contributed by atoms with van der Waals surface area (Å²) in [6.07, 6.45) is 12.5. The Morgan fingerprint density at radius 2 is 2.50 bits per heavy atom. The molecule has 0 aromatic rings. The molecular weight excluding hydrogens is 174 g/mol. The Balaban J connectivity index is 2.33. The van der Waals surface area contributed by atoms with Gasteiger partial charge in [0.15, 0.2) is 0 Å². The van der Waals surface area contributed by atoms with E-state index in [4.69, 9.17) is 6.42 Å². The van der Waals surface area contributed by atoms with Crippen molar-refractivity contribution in [3.8, 4) is 12.3 Å². The Kier molecular flexibility index (Phi) is 4.25. The van der Waals surface area contributed by atoms with Crippen LogP contribution in [0, 0.1) is 12.3 Å². The highest BCUT2D eigenvalue weighted by Gasteiger charge is 2.09. The second-order valence-corrected chi connectivity index (χ2v) is 3.74. The van der Waals surface area contributed by atoms with Crippen LogP contribution in [0.15, 0.2) is 11.6 Å². The van der Waals surface area contributed by atoms with Crippen LogP contribution in [-0.2, 0) is 4.79 Å². The van der Waals surface area contributed by atoms with E-state index in [0.29, 0.717) is 6.42 Å². The van der Waals surface area contributed by atoms with Gasteiger partial charge in [0.05, 0.1) is 6.04 Å². The summed E-state index contributed by atoms with van der Waals surface area (Å²) >= 11 is 0. The van der Waals surface area contributed by atoms with Gasteiger partial charge in [-0.25, -0.2) is 0 Å². The predicted molar refractivity (Wildman–Crippen MR) is 57.6 cm³/mol. The summed E-state index contributed by atoms with van der Waals surface area (Å²) in [5, 5.41) is 2.76. The molecule has 0 aliphatic heterocycles. The predicted octanol–water partition coefficient (Wildman–Crippen LogP) is 2.01. The number of hydrogen-bond donors (Lipinski definition) is 1. The second-order valence-electron chi connectivity index (χ2n) is 3.74. The molecule has 0 heterocycles. The van der Waals surface area contributed by atoms with Crippen molar-refractivity contribution in [3.63, 3.8) is 0 Å². The van der Waals surface area contributed by atoms with E-state index in [9.17, 15) is 4.79 Å². The topological polar surface area (TPSA) is 29.1 Å². The smallest absolute Gasteiger partial charge is 0.225 e. The summed E-state index contributed by atoms with van der Waals surface area (Å²) in [5.74, 6) is 2.53. The van der Waals surface area contributed by atoms with Gasteiger partial charge in [0, 0.05) is 6.42 Å². The molecule has 1 aliphatic rings. The summed E-state index contributed by atoms with van der Waals surface area (Å²) in [7, 11) is 0. The largest absolute Gasteiger partial charge is 0.342 e. The molecule has 1 aliphatic carbocycles. The maximum Gasteiger partial charge on any atom is 0.225 e. The van der Waals surface area contributed by atoms with Crippen molar-refractivity contribution in [3.05, 3.63) is 11.6 Å². The fourth-order valence-electron chi connectivity index (χ4n) is 1.61. The zero-order valence-electron chi connectivity index (χ0n) is 8.68. The average Bonchev–Trinajstić information content (AvgIpc) is 2.19. The number of nitrogens with one attached hydrogen (secondary N) is 1. The molecule has 0 saturated carbocycles.